The third kappa shape index (κ3) is 3.87. The zero-order valence-electron chi connectivity index (χ0n) is 13.0. The highest BCUT2D eigenvalue weighted by Crippen LogP contribution is 2.24. The van der Waals surface area contributed by atoms with Gasteiger partial charge in [0.1, 0.15) is 0 Å². The predicted molar refractivity (Wildman–Crippen MR) is 97.5 cm³/mol. The van der Waals surface area contributed by atoms with Gasteiger partial charge in [0.05, 0.1) is 15.8 Å². The molecule has 8 heteroatoms. The first-order valence-corrected chi connectivity index (χ1v) is 9.89. The van der Waals surface area contributed by atoms with Crippen LogP contribution in [0.25, 0.3) is 10.8 Å². The van der Waals surface area contributed by atoms with E-state index in [4.69, 9.17) is 16.0 Å². The Morgan fingerprint density at radius 3 is 2.50 bits per heavy atom. The molecule has 0 N–H and O–H groups in total. The van der Waals surface area contributed by atoms with Crippen LogP contribution in [0.5, 0.6) is 0 Å². The molecule has 1 fully saturated rings. The first-order valence-electron chi connectivity index (χ1n) is 7.81. The zero-order chi connectivity index (χ0) is 16.4. The van der Waals surface area contributed by atoms with Crippen LogP contribution in [0.1, 0.15) is 10.8 Å². The van der Waals surface area contributed by atoms with Gasteiger partial charge in [-0.2, -0.15) is 0 Å². The van der Waals surface area contributed by atoms with E-state index in [1.54, 1.807) is 22.7 Å². The summed E-state index contributed by atoms with van der Waals surface area (Å²) >= 11 is 9.28. The van der Waals surface area contributed by atoms with Crippen LogP contribution in [0.4, 0.5) is 0 Å². The monoisotopic (exact) mass is 380 g/mol. The summed E-state index contributed by atoms with van der Waals surface area (Å²) in [5, 5.41) is 10.3. The molecule has 1 aliphatic rings. The van der Waals surface area contributed by atoms with Crippen LogP contribution >= 0.6 is 34.3 Å². The number of thiophene rings is 2. The van der Waals surface area contributed by atoms with Gasteiger partial charge in [0.25, 0.3) is 5.89 Å². The molecule has 3 aromatic heterocycles. The van der Waals surface area contributed by atoms with Gasteiger partial charge in [0.15, 0.2) is 0 Å². The molecule has 1 aliphatic heterocycles. The number of hydrogen-bond donors (Lipinski definition) is 0. The van der Waals surface area contributed by atoms with Crippen molar-refractivity contribution in [2.45, 2.75) is 13.1 Å². The molecule has 0 saturated carbocycles. The minimum Gasteiger partial charge on any atom is -0.419 e. The fourth-order valence-electron chi connectivity index (χ4n) is 2.77. The molecule has 0 radical (unpaired) electrons. The Morgan fingerprint density at radius 2 is 1.83 bits per heavy atom. The van der Waals surface area contributed by atoms with E-state index >= 15 is 0 Å². The Hall–Kier alpha value is -1.25. The molecule has 3 aromatic rings. The van der Waals surface area contributed by atoms with Gasteiger partial charge in [-0.15, -0.1) is 32.9 Å². The van der Waals surface area contributed by atoms with E-state index < -0.39 is 0 Å². The van der Waals surface area contributed by atoms with E-state index in [-0.39, 0.29) is 0 Å². The lowest BCUT2D eigenvalue weighted by molar-refractivity contribution is 0.115. The Labute approximate surface area is 153 Å². The zero-order valence-corrected chi connectivity index (χ0v) is 15.4. The Bertz CT molecular complexity index is 778. The van der Waals surface area contributed by atoms with Gasteiger partial charge in [-0.1, -0.05) is 17.7 Å². The topological polar surface area (TPSA) is 45.4 Å². The Kier molecular flexibility index (Phi) is 4.96. The first-order chi connectivity index (χ1) is 11.8. The van der Waals surface area contributed by atoms with Gasteiger partial charge < -0.3 is 4.42 Å². The predicted octanol–water partition coefficient (Wildman–Crippen LogP) is 3.83. The number of halogens is 1. The number of rotatable bonds is 5. The van der Waals surface area contributed by atoms with Crippen molar-refractivity contribution in [1.82, 2.24) is 20.0 Å². The van der Waals surface area contributed by atoms with E-state index in [1.165, 1.54) is 4.88 Å². The summed E-state index contributed by atoms with van der Waals surface area (Å²) in [4.78, 5) is 7.17. The normalized spacial score (nSPS) is 16.7. The highest BCUT2D eigenvalue weighted by molar-refractivity contribution is 7.16. The summed E-state index contributed by atoms with van der Waals surface area (Å²) in [5.41, 5.74) is 0. The second kappa shape index (κ2) is 7.33. The molecule has 1 saturated heterocycles. The molecule has 0 unspecified atom stereocenters. The maximum absolute atomic E-state index is 6.00. The molecular formula is C16H17ClN4OS2. The smallest absolute Gasteiger partial charge is 0.257 e. The van der Waals surface area contributed by atoms with Gasteiger partial charge >= 0.3 is 0 Å². The SMILES string of the molecule is Clc1ccc(CN2CCN(Cc3nnc(-c4cccs4)o3)CC2)s1. The highest BCUT2D eigenvalue weighted by Gasteiger charge is 2.20. The summed E-state index contributed by atoms with van der Waals surface area (Å²) in [7, 11) is 0. The lowest BCUT2D eigenvalue weighted by Crippen LogP contribution is -2.45. The third-order valence-corrected chi connectivity index (χ3v) is 6.10. The van der Waals surface area contributed by atoms with Crippen LogP contribution in [0.3, 0.4) is 0 Å². The van der Waals surface area contributed by atoms with Crippen molar-refractivity contribution in [3.8, 4) is 10.8 Å². The molecule has 4 heterocycles. The summed E-state index contributed by atoms with van der Waals surface area (Å²) in [6.07, 6.45) is 0. The second-order valence-corrected chi connectivity index (χ2v) is 8.48. The van der Waals surface area contributed by atoms with Crippen molar-refractivity contribution < 1.29 is 4.42 Å². The van der Waals surface area contributed by atoms with Gasteiger partial charge in [-0.05, 0) is 23.6 Å². The molecule has 126 valence electrons. The quantitative estimate of drug-likeness (QED) is 0.673. The molecule has 0 bridgehead atoms. The van der Waals surface area contributed by atoms with Crippen LogP contribution in [-0.4, -0.2) is 46.2 Å². The third-order valence-electron chi connectivity index (χ3n) is 4.03. The number of hydrogen-bond acceptors (Lipinski definition) is 7. The Morgan fingerprint density at radius 1 is 1.04 bits per heavy atom. The number of nitrogens with zero attached hydrogens (tertiary/aromatic N) is 4. The van der Waals surface area contributed by atoms with Gasteiger partial charge in [-0.3, -0.25) is 9.80 Å². The lowest BCUT2D eigenvalue weighted by atomic mass is 10.3. The summed E-state index contributed by atoms with van der Waals surface area (Å²) < 4.78 is 6.64. The van der Waals surface area contributed by atoms with Crippen molar-refractivity contribution in [2.24, 2.45) is 0 Å². The second-order valence-electron chi connectivity index (χ2n) is 5.74. The largest absolute Gasteiger partial charge is 0.419 e. The van der Waals surface area contributed by atoms with Crippen molar-refractivity contribution >= 4 is 34.3 Å². The molecule has 24 heavy (non-hydrogen) atoms. The molecule has 5 nitrogen and oxygen atoms in total. The molecule has 0 amide bonds. The minimum atomic E-state index is 0.619. The first kappa shape index (κ1) is 16.2. The average molecular weight is 381 g/mol. The van der Waals surface area contributed by atoms with Crippen molar-refractivity contribution in [2.75, 3.05) is 26.2 Å². The standard InChI is InChI=1S/C16H17ClN4OS2/c17-14-4-3-12(24-14)10-20-5-7-21(8-6-20)11-15-18-19-16(22-15)13-2-1-9-23-13/h1-4,9H,5-8,10-11H2. The summed E-state index contributed by atoms with van der Waals surface area (Å²) in [6, 6.07) is 8.07. The van der Waals surface area contributed by atoms with E-state index in [0.29, 0.717) is 11.8 Å². The van der Waals surface area contributed by atoms with Crippen LogP contribution in [0.15, 0.2) is 34.1 Å². The van der Waals surface area contributed by atoms with Crippen LogP contribution in [0.2, 0.25) is 4.34 Å². The Balaban J connectivity index is 1.29. The van der Waals surface area contributed by atoms with Gasteiger partial charge in [0, 0.05) is 37.6 Å². The van der Waals surface area contributed by atoms with Crippen LogP contribution < -0.4 is 0 Å². The van der Waals surface area contributed by atoms with E-state index in [9.17, 15) is 0 Å². The highest BCUT2D eigenvalue weighted by atomic mass is 35.5. The number of piperazine rings is 1. The molecule has 0 atom stereocenters. The number of aromatic nitrogens is 2. The van der Waals surface area contributed by atoms with E-state index in [2.05, 4.69) is 26.1 Å². The average Bonchev–Trinajstić information content (AvgIpc) is 3.31. The van der Waals surface area contributed by atoms with Gasteiger partial charge in [-0.25, -0.2) is 0 Å². The molecule has 0 aliphatic carbocycles. The van der Waals surface area contributed by atoms with Crippen molar-refractivity contribution in [1.29, 1.82) is 0 Å². The minimum absolute atomic E-state index is 0.619. The lowest BCUT2D eigenvalue weighted by Gasteiger charge is -2.33. The van der Waals surface area contributed by atoms with Crippen molar-refractivity contribution in [3.05, 3.63) is 44.7 Å². The van der Waals surface area contributed by atoms with Crippen LogP contribution in [-0.2, 0) is 13.1 Å². The maximum Gasteiger partial charge on any atom is 0.257 e. The fourth-order valence-corrected chi connectivity index (χ4v) is 4.55. The van der Waals surface area contributed by atoms with Gasteiger partial charge in [0.2, 0.25) is 5.89 Å². The van der Waals surface area contributed by atoms with Crippen molar-refractivity contribution in [3.63, 3.8) is 0 Å². The summed E-state index contributed by atoms with van der Waals surface area (Å²) in [5.74, 6) is 1.31. The molecule has 0 spiro atoms. The molecule has 4 rings (SSSR count). The molecular weight excluding hydrogens is 364 g/mol. The maximum atomic E-state index is 6.00. The van der Waals surface area contributed by atoms with E-state index in [0.717, 1.165) is 48.5 Å². The molecule has 0 aromatic carbocycles. The summed E-state index contributed by atoms with van der Waals surface area (Å²) in [6.45, 7) is 5.81. The van der Waals surface area contributed by atoms with E-state index in [1.807, 2.05) is 23.6 Å². The fraction of sp³-hybridized carbons (Fsp3) is 0.375. The van der Waals surface area contributed by atoms with Crippen LogP contribution in [0, 0.1) is 0 Å².